The zero-order valence-electron chi connectivity index (χ0n) is 10.4. The molecule has 0 aromatic heterocycles. The second-order valence-electron chi connectivity index (χ2n) is 5.50. The van der Waals surface area contributed by atoms with Gasteiger partial charge in [-0.15, -0.1) is 0 Å². The van der Waals surface area contributed by atoms with Gasteiger partial charge in [0.2, 0.25) is 0 Å². The van der Waals surface area contributed by atoms with Crippen molar-refractivity contribution in [3.8, 4) is 0 Å². The van der Waals surface area contributed by atoms with Crippen molar-refractivity contribution in [3.63, 3.8) is 0 Å². The number of halogens is 1. The van der Waals surface area contributed by atoms with Gasteiger partial charge in [0.25, 0.3) is 0 Å². The van der Waals surface area contributed by atoms with E-state index in [4.69, 9.17) is 4.74 Å². The Morgan fingerprint density at radius 3 is 2.62 bits per heavy atom. The van der Waals surface area contributed by atoms with E-state index >= 15 is 0 Å². The van der Waals surface area contributed by atoms with Gasteiger partial charge in [0.15, 0.2) is 0 Å². The highest BCUT2D eigenvalue weighted by Crippen LogP contribution is 2.28. The lowest BCUT2D eigenvalue weighted by molar-refractivity contribution is 0.0505. The monoisotopic (exact) mass is 290 g/mol. The molecule has 16 heavy (non-hydrogen) atoms. The zero-order valence-corrected chi connectivity index (χ0v) is 12.0. The Morgan fingerprint density at radius 2 is 2.12 bits per heavy atom. The van der Waals surface area contributed by atoms with E-state index in [-0.39, 0.29) is 12.1 Å². The minimum absolute atomic E-state index is 0.0750. The smallest absolute Gasteiger partial charge is 0.407 e. The summed E-state index contributed by atoms with van der Waals surface area (Å²) in [6.45, 7) is 7.81. The van der Waals surface area contributed by atoms with Gasteiger partial charge in [-0.1, -0.05) is 22.9 Å². The van der Waals surface area contributed by atoms with Gasteiger partial charge in [-0.3, -0.25) is 0 Å². The molecule has 1 aliphatic carbocycles. The predicted molar refractivity (Wildman–Crippen MR) is 68.6 cm³/mol. The molecule has 1 amide bonds. The van der Waals surface area contributed by atoms with Crippen molar-refractivity contribution >= 4 is 22.0 Å². The number of ether oxygens (including phenoxy) is 1. The zero-order chi connectivity index (χ0) is 12.3. The molecule has 0 aliphatic heterocycles. The lowest BCUT2D eigenvalue weighted by Gasteiger charge is -2.32. The van der Waals surface area contributed by atoms with Crippen LogP contribution < -0.4 is 5.32 Å². The van der Waals surface area contributed by atoms with Gasteiger partial charge in [-0.25, -0.2) is 4.79 Å². The van der Waals surface area contributed by atoms with Gasteiger partial charge in [0.1, 0.15) is 5.60 Å². The van der Waals surface area contributed by atoms with Crippen molar-refractivity contribution in [1.29, 1.82) is 0 Å². The van der Waals surface area contributed by atoms with E-state index in [1.807, 2.05) is 20.8 Å². The second kappa shape index (κ2) is 5.39. The highest BCUT2D eigenvalue weighted by atomic mass is 79.9. The minimum Gasteiger partial charge on any atom is -0.444 e. The standard InChI is InChI=1S/C12H21BrNO2/c1-8-5-6-10(9(13)7-8)14-11(15)16-12(2,3)4/h6,8-10H,5,7H2,1-4H3,(H,14,15)/t8-,9?,10-/m1/s1. The van der Waals surface area contributed by atoms with Gasteiger partial charge < -0.3 is 10.1 Å². The highest BCUT2D eigenvalue weighted by molar-refractivity contribution is 9.09. The van der Waals surface area contributed by atoms with Crippen LogP contribution in [-0.2, 0) is 4.74 Å². The average molecular weight is 291 g/mol. The molecular formula is C12H21BrNO2. The Morgan fingerprint density at radius 1 is 1.50 bits per heavy atom. The van der Waals surface area contributed by atoms with Gasteiger partial charge in [0.05, 0.1) is 0 Å². The SMILES string of the molecule is C[C@@H]1C[CH][C@@H](NC(=O)OC(C)(C)C)C(Br)C1. The summed E-state index contributed by atoms with van der Waals surface area (Å²) in [7, 11) is 0. The quantitative estimate of drug-likeness (QED) is 0.753. The van der Waals surface area contributed by atoms with E-state index in [0.29, 0.717) is 10.7 Å². The second-order valence-corrected chi connectivity index (χ2v) is 6.68. The number of amides is 1. The molecule has 93 valence electrons. The molecule has 0 aromatic rings. The van der Waals surface area contributed by atoms with Crippen molar-refractivity contribution in [2.75, 3.05) is 0 Å². The maximum atomic E-state index is 11.6. The van der Waals surface area contributed by atoms with Crippen LogP contribution >= 0.6 is 15.9 Å². The van der Waals surface area contributed by atoms with Crippen LogP contribution in [0.1, 0.15) is 40.5 Å². The van der Waals surface area contributed by atoms with Crippen molar-refractivity contribution in [1.82, 2.24) is 5.32 Å². The molecule has 1 N–H and O–H groups in total. The van der Waals surface area contributed by atoms with Crippen molar-refractivity contribution in [3.05, 3.63) is 6.42 Å². The molecule has 0 aromatic carbocycles. The molecule has 0 bridgehead atoms. The van der Waals surface area contributed by atoms with Crippen LogP contribution in [0.5, 0.6) is 0 Å². The highest BCUT2D eigenvalue weighted by Gasteiger charge is 2.29. The maximum Gasteiger partial charge on any atom is 0.407 e. The third kappa shape index (κ3) is 4.73. The van der Waals surface area contributed by atoms with Crippen LogP contribution in [0.4, 0.5) is 4.79 Å². The summed E-state index contributed by atoms with van der Waals surface area (Å²) in [5.74, 6) is 0.682. The molecule has 1 unspecified atom stereocenters. The van der Waals surface area contributed by atoms with E-state index in [1.165, 1.54) is 0 Å². The van der Waals surface area contributed by atoms with Crippen LogP contribution in [0.15, 0.2) is 0 Å². The summed E-state index contributed by atoms with van der Waals surface area (Å²) < 4.78 is 5.22. The topological polar surface area (TPSA) is 38.3 Å². The molecule has 1 saturated carbocycles. The number of alkyl halides is 1. The molecule has 0 heterocycles. The molecule has 3 atom stereocenters. The summed E-state index contributed by atoms with van der Waals surface area (Å²) in [5.41, 5.74) is -0.437. The first-order chi connectivity index (χ1) is 7.28. The molecule has 1 rings (SSSR count). The molecule has 0 saturated heterocycles. The van der Waals surface area contributed by atoms with E-state index in [0.717, 1.165) is 12.8 Å². The number of carbonyl (C=O) groups excluding carboxylic acids is 1. The van der Waals surface area contributed by atoms with Crippen LogP contribution in [0.25, 0.3) is 0 Å². The number of hydrogen-bond acceptors (Lipinski definition) is 2. The third-order valence-electron chi connectivity index (χ3n) is 2.49. The first-order valence-electron chi connectivity index (χ1n) is 5.75. The molecule has 1 fully saturated rings. The molecule has 1 radical (unpaired) electrons. The minimum atomic E-state index is -0.437. The number of nitrogens with one attached hydrogen (secondary N) is 1. The fourth-order valence-corrected chi connectivity index (χ4v) is 2.73. The normalized spacial score (nSPS) is 30.9. The van der Waals surface area contributed by atoms with Crippen LogP contribution in [0, 0.1) is 12.3 Å². The fourth-order valence-electron chi connectivity index (χ4n) is 1.75. The largest absolute Gasteiger partial charge is 0.444 e. The van der Waals surface area contributed by atoms with E-state index in [2.05, 4.69) is 34.6 Å². The van der Waals surface area contributed by atoms with Gasteiger partial charge in [-0.2, -0.15) is 0 Å². The maximum absolute atomic E-state index is 11.6. The lowest BCUT2D eigenvalue weighted by Crippen LogP contribution is -2.46. The van der Waals surface area contributed by atoms with Crippen LogP contribution in [0.2, 0.25) is 0 Å². The summed E-state index contributed by atoms with van der Waals surface area (Å²) >= 11 is 3.60. The van der Waals surface area contributed by atoms with Crippen LogP contribution in [-0.4, -0.2) is 22.6 Å². The Balaban J connectivity index is 2.39. The lowest BCUT2D eigenvalue weighted by atomic mass is 9.87. The van der Waals surface area contributed by atoms with Crippen molar-refractivity contribution in [2.24, 2.45) is 5.92 Å². The van der Waals surface area contributed by atoms with Crippen molar-refractivity contribution < 1.29 is 9.53 Å². The number of hydrogen-bond donors (Lipinski definition) is 1. The Bertz CT molecular complexity index is 250. The number of carbonyl (C=O) groups is 1. The molecule has 0 spiro atoms. The average Bonchev–Trinajstić information content (AvgIpc) is 2.06. The molecule has 4 heteroatoms. The summed E-state index contributed by atoms with van der Waals surface area (Å²) in [6.07, 6.45) is 3.93. The predicted octanol–water partition coefficient (Wildman–Crippen LogP) is 3.28. The van der Waals surface area contributed by atoms with Gasteiger partial charge in [0, 0.05) is 10.9 Å². The fraction of sp³-hybridized carbons (Fsp3) is 0.833. The first kappa shape index (κ1) is 13.8. The Kier molecular flexibility index (Phi) is 4.65. The van der Waals surface area contributed by atoms with Gasteiger partial charge >= 0.3 is 6.09 Å². The third-order valence-corrected chi connectivity index (χ3v) is 3.44. The van der Waals surface area contributed by atoms with Crippen LogP contribution in [0.3, 0.4) is 0 Å². The van der Waals surface area contributed by atoms with E-state index in [1.54, 1.807) is 0 Å². The first-order valence-corrected chi connectivity index (χ1v) is 6.66. The molecule has 3 nitrogen and oxygen atoms in total. The number of rotatable bonds is 1. The Hall–Kier alpha value is -0.250. The summed E-state index contributed by atoms with van der Waals surface area (Å²) in [4.78, 5) is 11.9. The van der Waals surface area contributed by atoms with E-state index < -0.39 is 5.60 Å². The molecule has 1 aliphatic rings. The Labute approximate surface area is 106 Å². The van der Waals surface area contributed by atoms with Crippen molar-refractivity contribution in [2.45, 2.75) is 57.0 Å². The van der Waals surface area contributed by atoms with Gasteiger partial charge in [-0.05, 0) is 46.0 Å². The number of alkyl carbamates (subject to hydrolysis) is 1. The summed E-state index contributed by atoms with van der Waals surface area (Å²) in [6, 6.07) is 0.0750. The van der Waals surface area contributed by atoms with E-state index in [9.17, 15) is 4.79 Å². The summed E-state index contributed by atoms with van der Waals surface area (Å²) in [5, 5.41) is 2.88. The molecular weight excluding hydrogens is 270 g/mol.